The number of hydrogen-bond donors (Lipinski definition) is 1. The molecule has 1 heterocycles. The van der Waals surface area contributed by atoms with Gasteiger partial charge in [0.05, 0.1) is 10.6 Å². The van der Waals surface area contributed by atoms with Crippen LogP contribution in [0.5, 0.6) is 0 Å². The molecule has 1 aromatic rings. The van der Waals surface area contributed by atoms with Crippen molar-refractivity contribution in [2.45, 2.75) is 25.3 Å². The summed E-state index contributed by atoms with van der Waals surface area (Å²) in [5.41, 5.74) is 0.392. The van der Waals surface area contributed by atoms with Gasteiger partial charge in [0.25, 0.3) is 5.91 Å². The smallest absolute Gasteiger partial charge is 0.253 e. The van der Waals surface area contributed by atoms with Gasteiger partial charge in [-0.1, -0.05) is 23.2 Å². The van der Waals surface area contributed by atoms with Crippen molar-refractivity contribution >= 4 is 29.1 Å². The van der Waals surface area contributed by atoms with Crippen molar-refractivity contribution in [3.8, 4) is 0 Å². The Kier molecular flexibility index (Phi) is 3.12. The van der Waals surface area contributed by atoms with Crippen molar-refractivity contribution in [3.63, 3.8) is 0 Å². The van der Waals surface area contributed by atoms with Crippen molar-refractivity contribution in [2.24, 2.45) is 0 Å². The van der Waals surface area contributed by atoms with Gasteiger partial charge in [-0.15, -0.1) is 0 Å². The summed E-state index contributed by atoms with van der Waals surface area (Å²) in [5.74, 6) is -0.172. The van der Waals surface area contributed by atoms with Gasteiger partial charge in [0.1, 0.15) is 5.15 Å². The van der Waals surface area contributed by atoms with Crippen molar-refractivity contribution in [2.75, 3.05) is 0 Å². The van der Waals surface area contributed by atoms with Crippen LogP contribution in [0.4, 0.5) is 0 Å². The number of carbonyl (C=O) groups is 1. The van der Waals surface area contributed by atoms with E-state index >= 15 is 0 Å². The predicted molar refractivity (Wildman–Crippen MR) is 59.4 cm³/mol. The first-order chi connectivity index (χ1) is 7.16. The first-order valence-electron chi connectivity index (χ1n) is 4.79. The zero-order chi connectivity index (χ0) is 10.8. The molecule has 1 aromatic heterocycles. The van der Waals surface area contributed by atoms with Gasteiger partial charge in [0.15, 0.2) is 0 Å². The summed E-state index contributed by atoms with van der Waals surface area (Å²) in [6.45, 7) is 0. The molecule has 80 valence electrons. The third-order valence-corrected chi connectivity index (χ3v) is 3.01. The number of amides is 1. The van der Waals surface area contributed by atoms with Gasteiger partial charge >= 0.3 is 0 Å². The predicted octanol–water partition coefficient (Wildman–Crippen LogP) is 2.67. The summed E-state index contributed by atoms with van der Waals surface area (Å²) >= 11 is 11.5. The van der Waals surface area contributed by atoms with Crippen LogP contribution in [0.2, 0.25) is 10.2 Å². The molecule has 3 nitrogen and oxygen atoms in total. The molecule has 1 aliphatic carbocycles. The van der Waals surface area contributed by atoms with E-state index in [1.165, 1.54) is 18.7 Å². The largest absolute Gasteiger partial charge is 0.349 e. The molecular formula is C10H10Cl2N2O. The van der Waals surface area contributed by atoms with Gasteiger partial charge in [0.2, 0.25) is 0 Å². The molecule has 1 saturated carbocycles. The van der Waals surface area contributed by atoms with E-state index in [1.807, 2.05) is 0 Å². The number of carbonyl (C=O) groups excluding carboxylic acids is 1. The van der Waals surface area contributed by atoms with Crippen LogP contribution in [-0.2, 0) is 0 Å². The second-order valence-electron chi connectivity index (χ2n) is 3.59. The molecule has 0 radical (unpaired) electrons. The monoisotopic (exact) mass is 244 g/mol. The lowest BCUT2D eigenvalue weighted by atomic mass is 9.93. The fraction of sp³-hybridized carbons (Fsp3) is 0.400. The fourth-order valence-electron chi connectivity index (χ4n) is 1.40. The van der Waals surface area contributed by atoms with E-state index < -0.39 is 0 Å². The first-order valence-corrected chi connectivity index (χ1v) is 5.54. The summed E-state index contributed by atoms with van der Waals surface area (Å²) in [6.07, 6.45) is 4.65. The van der Waals surface area contributed by atoms with E-state index in [1.54, 1.807) is 0 Å². The lowest BCUT2D eigenvalue weighted by molar-refractivity contribution is 0.0917. The van der Waals surface area contributed by atoms with Crippen molar-refractivity contribution in [3.05, 3.63) is 28.0 Å². The molecule has 0 unspecified atom stereocenters. The van der Waals surface area contributed by atoms with Gasteiger partial charge in [-0.25, -0.2) is 4.98 Å². The van der Waals surface area contributed by atoms with Crippen LogP contribution >= 0.6 is 23.2 Å². The maximum absolute atomic E-state index is 11.7. The van der Waals surface area contributed by atoms with E-state index in [2.05, 4.69) is 10.3 Å². The number of halogens is 2. The van der Waals surface area contributed by atoms with Crippen LogP contribution in [0.25, 0.3) is 0 Å². The Morgan fingerprint density at radius 3 is 2.80 bits per heavy atom. The molecule has 0 bridgehead atoms. The molecular weight excluding hydrogens is 235 g/mol. The minimum atomic E-state index is -0.172. The van der Waals surface area contributed by atoms with E-state index in [0.29, 0.717) is 16.6 Å². The Balaban J connectivity index is 2.12. The normalized spacial score (nSPS) is 15.9. The van der Waals surface area contributed by atoms with Crippen molar-refractivity contribution in [1.82, 2.24) is 10.3 Å². The zero-order valence-electron chi connectivity index (χ0n) is 7.96. The summed E-state index contributed by atoms with van der Waals surface area (Å²) in [6, 6.07) is 1.78. The molecule has 0 saturated heterocycles. The van der Waals surface area contributed by atoms with Gasteiger partial charge in [-0.3, -0.25) is 4.79 Å². The Hall–Kier alpha value is -0.800. The molecule has 0 atom stereocenters. The third-order valence-electron chi connectivity index (χ3n) is 2.51. The highest BCUT2D eigenvalue weighted by molar-refractivity contribution is 6.35. The SMILES string of the molecule is O=C(NC1CCC1)c1cc(Cl)ncc1Cl. The Bertz CT molecular complexity index is 391. The van der Waals surface area contributed by atoms with Crippen LogP contribution in [0, 0.1) is 0 Å². The Morgan fingerprint density at radius 2 is 2.20 bits per heavy atom. The van der Waals surface area contributed by atoms with E-state index in [-0.39, 0.29) is 11.1 Å². The molecule has 5 heteroatoms. The molecule has 0 spiro atoms. The van der Waals surface area contributed by atoms with Crippen molar-refractivity contribution < 1.29 is 4.79 Å². The minimum Gasteiger partial charge on any atom is -0.349 e. The zero-order valence-corrected chi connectivity index (χ0v) is 9.48. The average molecular weight is 245 g/mol. The number of hydrogen-bond acceptors (Lipinski definition) is 2. The minimum absolute atomic E-state index is 0.172. The molecule has 1 amide bonds. The average Bonchev–Trinajstić information content (AvgIpc) is 2.15. The van der Waals surface area contributed by atoms with Gasteiger partial charge in [-0.05, 0) is 25.3 Å². The summed E-state index contributed by atoms with van der Waals surface area (Å²) < 4.78 is 0. The second-order valence-corrected chi connectivity index (χ2v) is 4.38. The van der Waals surface area contributed by atoms with Gasteiger partial charge in [-0.2, -0.15) is 0 Å². The quantitative estimate of drug-likeness (QED) is 0.814. The third kappa shape index (κ3) is 2.41. The fourth-order valence-corrected chi connectivity index (χ4v) is 1.75. The van der Waals surface area contributed by atoms with Crippen molar-refractivity contribution in [1.29, 1.82) is 0 Å². The van der Waals surface area contributed by atoms with E-state index in [9.17, 15) is 4.79 Å². The molecule has 0 aliphatic heterocycles. The molecule has 2 rings (SSSR count). The van der Waals surface area contributed by atoms with Crippen LogP contribution in [0.15, 0.2) is 12.3 Å². The summed E-state index contributed by atoms with van der Waals surface area (Å²) in [7, 11) is 0. The summed E-state index contributed by atoms with van der Waals surface area (Å²) in [5, 5.41) is 3.50. The molecule has 15 heavy (non-hydrogen) atoms. The highest BCUT2D eigenvalue weighted by atomic mass is 35.5. The first kappa shape index (κ1) is 10.7. The van der Waals surface area contributed by atoms with Gasteiger partial charge < -0.3 is 5.32 Å². The van der Waals surface area contributed by atoms with Crippen LogP contribution in [0.1, 0.15) is 29.6 Å². The highest BCUT2D eigenvalue weighted by Gasteiger charge is 2.21. The Morgan fingerprint density at radius 1 is 1.47 bits per heavy atom. The lowest BCUT2D eigenvalue weighted by Gasteiger charge is -2.26. The Labute approximate surface area is 97.8 Å². The van der Waals surface area contributed by atoms with Crippen LogP contribution in [0.3, 0.4) is 0 Å². The highest BCUT2D eigenvalue weighted by Crippen LogP contribution is 2.21. The molecule has 1 fully saturated rings. The topological polar surface area (TPSA) is 42.0 Å². The second kappa shape index (κ2) is 4.37. The number of aromatic nitrogens is 1. The number of rotatable bonds is 2. The maximum Gasteiger partial charge on any atom is 0.253 e. The number of nitrogens with one attached hydrogen (secondary N) is 1. The van der Waals surface area contributed by atoms with Crippen LogP contribution < -0.4 is 5.32 Å². The van der Waals surface area contributed by atoms with E-state index in [0.717, 1.165) is 12.8 Å². The molecule has 1 aliphatic rings. The lowest BCUT2D eigenvalue weighted by Crippen LogP contribution is -2.39. The summed E-state index contributed by atoms with van der Waals surface area (Å²) in [4.78, 5) is 15.5. The van der Waals surface area contributed by atoms with Gasteiger partial charge in [0, 0.05) is 12.2 Å². The number of nitrogens with zero attached hydrogens (tertiary/aromatic N) is 1. The molecule has 0 aromatic carbocycles. The number of pyridine rings is 1. The maximum atomic E-state index is 11.7. The van der Waals surface area contributed by atoms with E-state index in [4.69, 9.17) is 23.2 Å². The van der Waals surface area contributed by atoms with Crippen LogP contribution in [-0.4, -0.2) is 16.9 Å². The standard InChI is InChI=1S/C10H10Cl2N2O/c11-8-5-13-9(12)4-7(8)10(15)14-6-2-1-3-6/h4-6H,1-3H2,(H,14,15). The molecule has 1 N–H and O–H groups in total.